The second-order valence-corrected chi connectivity index (χ2v) is 8.14. The summed E-state index contributed by atoms with van der Waals surface area (Å²) in [7, 11) is -3.70. The highest BCUT2D eigenvalue weighted by atomic mass is 32.2. The lowest BCUT2D eigenvalue weighted by molar-refractivity contribution is 0.254. The Kier molecular flexibility index (Phi) is 3.96. The van der Waals surface area contributed by atoms with Crippen LogP contribution in [0.4, 0.5) is 5.69 Å². The first kappa shape index (κ1) is 16.7. The lowest BCUT2D eigenvalue weighted by Crippen LogP contribution is -2.14. The highest BCUT2D eigenvalue weighted by molar-refractivity contribution is 7.92. The minimum Gasteiger partial charge on any atom is -0.490 e. The van der Waals surface area contributed by atoms with E-state index in [0.717, 1.165) is 22.6 Å². The molecule has 1 atom stereocenters. The largest absolute Gasteiger partial charge is 0.490 e. The summed E-state index contributed by atoms with van der Waals surface area (Å²) in [5.41, 5.74) is 3.07. The van der Waals surface area contributed by atoms with Crippen molar-refractivity contribution in [3.8, 4) is 11.4 Å². The van der Waals surface area contributed by atoms with Gasteiger partial charge < -0.3 is 4.74 Å². The van der Waals surface area contributed by atoms with E-state index in [1.807, 2.05) is 38.2 Å². The van der Waals surface area contributed by atoms with Crippen LogP contribution in [0.3, 0.4) is 0 Å². The molecule has 0 saturated carbocycles. The summed E-state index contributed by atoms with van der Waals surface area (Å²) in [6.45, 7) is 3.83. The third-order valence-electron chi connectivity index (χ3n) is 4.41. The summed E-state index contributed by atoms with van der Waals surface area (Å²) < 4.78 is 35.7. The van der Waals surface area contributed by atoms with Gasteiger partial charge in [-0.15, -0.1) is 0 Å². The number of rotatable bonds is 4. The number of benzene rings is 2. The predicted molar refractivity (Wildman–Crippen MR) is 99.3 cm³/mol. The monoisotopic (exact) mass is 369 g/mol. The fourth-order valence-electron chi connectivity index (χ4n) is 3.05. The van der Waals surface area contributed by atoms with Gasteiger partial charge in [-0.25, -0.2) is 13.1 Å². The van der Waals surface area contributed by atoms with Crippen LogP contribution in [0.25, 0.3) is 5.69 Å². The highest BCUT2D eigenvalue weighted by Gasteiger charge is 2.23. The molecule has 1 aliphatic rings. The first-order valence-corrected chi connectivity index (χ1v) is 9.84. The quantitative estimate of drug-likeness (QED) is 0.766. The fourth-order valence-corrected chi connectivity index (χ4v) is 4.23. The van der Waals surface area contributed by atoms with E-state index >= 15 is 0 Å². The van der Waals surface area contributed by atoms with E-state index in [0.29, 0.717) is 12.1 Å². The van der Waals surface area contributed by atoms with E-state index in [2.05, 4.69) is 9.82 Å². The molecule has 134 valence electrons. The van der Waals surface area contributed by atoms with Gasteiger partial charge in [0.05, 0.1) is 16.3 Å². The van der Waals surface area contributed by atoms with Crippen LogP contribution in [0.15, 0.2) is 59.8 Å². The molecular formula is C19H19N3O3S. The average molecular weight is 369 g/mol. The van der Waals surface area contributed by atoms with E-state index in [9.17, 15) is 8.42 Å². The zero-order valence-electron chi connectivity index (χ0n) is 14.5. The molecule has 7 heteroatoms. The molecule has 2 heterocycles. The van der Waals surface area contributed by atoms with E-state index in [4.69, 9.17) is 4.74 Å². The average Bonchev–Trinajstić information content (AvgIpc) is 3.24. The Morgan fingerprint density at radius 1 is 1.23 bits per heavy atom. The first-order chi connectivity index (χ1) is 12.4. The molecule has 1 aliphatic heterocycles. The third kappa shape index (κ3) is 3.06. The number of ether oxygens (including phenoxy) is 1. The van der Waals surface area contributed by atoms with Crippen molar-refractivity contribution >= 4 is 15.7 Å². The van der Waals surface area contributed by atoms with Crippen LogP contribution in [-0.4, -0.2) is 24.3 Å². The number of nitrogens with one attached hydrogen (secondary N) is 1. The number of fused-ring (bicyclic) bond motifs is 1. The third-order valence-corrected chi connectivity index (χ3v) is 5.78. The fraction of sp³-hybridized carbons (Fsp3) is 0.211. The Hall–Kier alpha value is -2.80. The second kappa shape index (κ2) is 6.17. The lowest BCUT2D eigenvalue weighted by atomic mass is 10.1. The Morgan fingerprint density at radius 3 is 2.85 bits per heavy atom. The topological polar surface area (TPSA) is 73.2 Å². The van der Waals surface area contributed by atoms with Gasteiger partial charge in [0.15, 0.2) is 0 Å². The van der Waals surface area contributed by atoms with Crippen LogP contribution >= 0.6 is 0 Å². The number of anilines is 1. The zero-order chi connectivity index (χ0) is 18.3. The summed E-state index contributed by atoms with van der Waals surface area (Å²) >= 11 is 0. The number of sulfonamides is 1. The Labute approximate surface area is 152 Å². The van der Waals surface area contributed by atoms with Gasteiger partial charge in [0, 0.05) is 18.8 Å². The second-order valence-electron chi connectivity index (χ2n) is 6.46. The van der Waals surface area contributed by atoms with Crippen molar-refractivity contribution in [2.24, 2.45) is 0 Å². The smallest absolute Gasteiger partial charge is 0.261 e. The standard InChI is InChI=1S/C19H19N3O3S/c1-13-4-5-16(22-9-3-8-20-22)12-18(13)21-26(23,24)17-6-7-19-15(11-17)10-14(2)25-19/h3-9,11-12,14,21H,10H2,1-2H3. The SMILES string of the molecule is Cc1ccc(-n2cccn2)cc1NS(=O)(=O)c1ccc2c(c1)CC(C)O2. The highest BCUT2D eigenvalue weighted by Crippen LogP contribution is 2.31. The van der Waals surface area contributed by atoms with Crippen molar-refractivity contribution in [1.82, 2.24) is 9.78 Å². The van der Waals surface area contributed by atoms with Crippen molar-refractivity contribution in [3.63, 3.8) is 0 Å². The number of hydrogen-bond acceptors (Lipinski definition) is 4. The zero-order valence-corrected chi connectivity index (χ0v) is 15.3. The van der Waals surface area contributed by atoms with Gasteiger partial charge >= 0.3 is 0 Å². The molecule has 1 unspecified atom stereocenters. The lowest BCUT2D eigenvalue weighted by Gasteiger charge is -2.13. The van der Waals surface area contributed by atoms with Crippen LogP contribution in [0.5, 0.6) is 5.75 Å². The molecule has 1 aromatic heterocycles. The van der Waals surface area contributed by atoms with Crippen molar-refractivity contribution in [2.75, 3.05) is 4.72 Å². The molecule has 4 rings (SSSR count). The maximum atomic E-state index is 12.9. The molecule has 0 fully saturated rings. The molecule has 26 heavy (non-hydrogen) atoms. The van der Waals surface area contributed by atoms with Crippen molar-refractivity contribution in [3.05, 3.63) is 66.0 Å². The molecular weight excluding hydrogens is 350 g/mol. The number of aryl methyl sites for hydroxylation is 1. The molecule has 6 nitrogen and oxygen atoms in total. The van der Waals surface area contributed by atoms with Crippen LogP contribution in [0.2, 0.25) is 0 Å². The molecule has 0 aliphatic carbocycles. The minimum absolute atomic E-state index is 0.0731. The summed E-state index contributed by atoms with van der Waals surface area (Å²) in [5.74, 6) is 0.758. The normalized spacial score (nSPS) is 16.2. The summed E-state index contributed by atoms with van der Waals surface area (Å²) in [5, 5.41) is 4.18. The van der Waals surface area contributed by atoms with E-state index in [1.165, 1.54) is 0 Å². The van der Waals surface area contributed by atoms with Gasteiger partial charge in [-0.2, -0.15) is 5.10 Å². The van der Waals surface area contributed by atoms with Gasteiger partial charge in [-0.05, 0) is 61.4 Å². The Morgan fingerprint density at radius 2 is 2.08 bits per heavy atom. The maximum absolute atomic E-state index is 12.9. The van der Waals surface area contributed by atoms with Gasteiger partial charge in [-0.1, -0.05) is 6.07 Å². The number of nitrogens with zero attached hydrogens (tertiary/aromatic N) is 2. The van der Waals surface area contributed by atoms with Crippen molar-refractivity contribution in [2.45, 2.75) is 31.3 Å². The summed E-state index contributed by atoms with van der Waals surface area (Å²) in [6.07, 6.45) is 4.28. The Balaban J connectivity index is 1.66. The minimum atomic E-state index is -3.70. The van der Waals surface area contributed by atoms with E-state index in [1.54, 1.807) is 35.1 Å². The Bertz CT molecular complexity index is 1060. The molecule has 2 aromatic carbocycles. The molecule has 0 spiro atoms. The van der Waals surface area contributed by atoms with Crippen LogP contribution < -0.4 is 9.46 Å². The van der Waals surface area contributed by atoms with Crippen LogP contribution in [0, 0.1) is 6.92 Å². The first-order valence-electron chi connectivity index (χ1n) is 8.35. The van der Waals surface area contributed by atoms with Crippen molar-refractivity contribution < 1.29 is 13.2 Å². The predicted octanol–water partition coefficient (Wildman–Crippen LogP) is 3.30. The number of aromatic nitrogens is 2. The van der Waals surface area contributed by atoms with Gasteiger partial charge in [0.2, 0.25) is 0 Å². The van der Waals surface area contributed by atoms with Gasteiger partial charge in [0.1, 0.15) is 11.9 Å². The molecule has 0 radical (unpaired) electrons. The van der Waals surface area contributed by atoms with E-state index in [-0.39, 0.29) is 11.0 Å². The molecule has 3 aromatic rings. The molecule has 0 saturated heterocycles. The summed E-state index contributed by atoms with van der Waals surface area (Å²) in [4.78, 5) is 0.234. The maximum Gasteiger partial charge on any atom is 0.261 e. The van der Waals surface area contributed by atoms with Crippen molar-refractivity contribution in [1.29, 1.82) is 0 Å². The molecule has 0 amide bonds. The van der Waals surface area contributed by atoms with Gasteiger partial charge in [0.25, 0.3) is 10.0 Å². The molecule has 0 bridgehead atoms. The van der Waals surface area contributed by atoms with Crippen LogP contribution in [-0.2, 0) is 16.4 Å². The van der Waals surface area contributed by atoms with E-state index < -0.39 is 10.0 Å². The molecule has 1 N–H and O–H groups in total. The van der Waals surface area contributed by atoms with Gasteiger partial charge in [-0.3, -0.25) is 4.72 Å². The summed E-state index contributed by atoms with van der Waals surface area (Å²) in [6, 6.07) is 12.3. The number of hydrogen-bond donors (Lipinski definition) is 1. The van der Waals surface area contributed by atoms with Crippen LogP contribution in [0.1, 0.15) is 18.1 Å².